The Morgan fingerprint density at radius 3 is 2.11 bits per heavy atom. The highest BCUT2D eigenvalue weighted by Gasteiger charge is 2.39. The smallest absolute Gasteiger partial charge is 0.417 e. The Morgan fingerprint density at radius 1 is 1.16 bits per heavy atom. The topological polar surface area (TPSA) is 58.6 Å². The lowest BCUT2D eigenvalue weighted by Crippen LogP contribution is -2.56. The molecule has 1 heterocycles. The summed E-state index contributed by atoms with van der Waals surface area (Å²) < 4.78 is 5.35. The van der Waals surface area contributed by atoms with E-state index in [2.05, 4.69) is 5.32 Å². The largest absolute Gasteiger partial charge is 0.443 e. The summed E-state index contributed by atoms with van der Waals surface area (Å²) in [5.74, 6) is -0.195. The number of hydrogen-bond acceptors (Lipinski definition) is 4. The molecule has 110 valence electrons. The predicted molar refractivity (Wildman–Crippen MR) is 73.9 cm³/mol. The van der Waals surface area contributed by atoms with Crippen LogP contribution in [-0.4, -0.2) is 40.6 Å². The Labute approximate surface area is 115 Å². The zero-order chi connectivity index (χ0) is 14.8. The van der Waals surface area contributed by atoms with Crippen molar-refractivity contribution in [3.63, 3.8) is 0 Å². The standard InChI is InChI=1S/C14H26N2O3/c1-13(2,3)16(12(18)19-14(4,5)6)11(17)10-8-7-9-15-10/h10,15H,7-9H2,1-6H3/t10-/m0/s1. The highest BCUT2D eigenvalue weighted by Crippen LogP contribution is 2.21. The lowest BCUT2D eigenvalue weighted by Gasteiger charge is -2.36. The van der Waals surface area contributed by atoms with Crippen LogP contribution in [0.25, 0.3) is 0 Å². The molecule has 0 radical (unpaired) electrons. The summed E-state index contributed by atoms with van der Waals surface area (Å²) >= 11 is 0. The van der Waals surface area contributed by atoms with Crippen molar-refractivity contribution in [3.8, 4) is 0 Å². The molecule has 0 spiro atoms. The Kier molecular flexibility index (Phi) is 4.61. The minimum atomic E-state index is -0.607. The SMILES string of the molecule is CC(C)(C)OC(=O)N(C(=O)[C@@H]1CCCN1)C(C)(C)C. The summed E-state index contributed by atoms with van der Waals surface area (Å²) in [5, 5.41) is 3.13. The second kappa shape index (κ2) is 5.49. The molecule has 1 fully saturated rings. The van der Waals surface area contributed by atoms with Crippen molar-refractivity contribution >= 4 is 12.0 Å². The second-order valence-corrected chi connectivity index (χ2v) is 6.97. The van der Waals surface area contributed by atoms with E-state index >= 15 is 0 Å². The molecule has 0 bridgehead atoms. The quantitative estimate of drug-likeness (QED) is 0.794. The maximum Gasteiger partial charge on any atom is 0.417 e. The Morgan fingerprint density at radius 2 is 1.74 bits per heavy atom. The van der Waals surface area contributed by atoms with Gasteiger partial charge in [0.05, 0.1) is 6.04 Å². The van der Waals surface area contributed by atoms with Crippen LogP contribution >= 0.6 is 0 Å². The fourth-order valence-corrected chi connectivity index (χ4v) is 2.05. The van der Waals surface area contributed by atoms with E-state index in [-0.39, 0.29) is 11.9 Å². The molecule has 0 saturated carbocycles. The van der Waals surface area contributed by atoms with Gasteiger partial charge in [0.1, 0.15) is 5.60 Å². The zero-order valence-corrected chi connectivity index (χ0v) is 12.9. The molecule has 19 heavy (non-hydrogen) atoms. The van der Waals surface area contributed by atoms with Gasteiger partial charge in [0.2, 0.25) is 5.91 Å². The van der Waals surface area contributed by atoms with Gasteiger partial charge in [0.25, 0.3) is 0 Å². The molecular weight excluding hydrogens is 244 g/mol. The van der Waals surface area contributed by atoms with Crippen molar-refractivity contribution in [2.24, 2.45) is 0 Å². The first kappa shape index (κ1) is 16.0. The van der Waals surface area contributed by atoms with E-state index in [1.54, 1.807) is 20.8 Å². The van der Waals surface area contributed by atoms with Gasteiger partial charge in [-0.05, 0) is 60.9 Å². The fraction of sp³-hybridized carbons (Fsp3) is 0.857. The Hall–Kier alpha value is -1.10. The molecule has 5 nitrogen and oxygen atoms in total. The number of nitrogens with zero attached hydrogens (tertiary/aromatic N) is 1. The van der Waals surface area contributed by atoms with Crippen LogP contribution in [0, 0.1) is 0 Å². The molecule has 0 unspecified atom stereocenters. The van der Waals surface area contributed by atoms with Crippen molar-refractivity contribution < 1.29 is 14.3 Å². The molecule has 5 heteroatoms. The highest BCUT2D eigenvalue weighted by molar-refractivity contribution is 5.96. The maximum atomic E-state index is 12.5. The van der Waals surface area contributed by atoms with Gasteiger partial charge in [-0.2, -0.15) is 0 Å². The van der Waals surface area contributed by atoms with Gasteiger partial charge < -0.3 is 10.1 Å². The molecule has 2 amide bonds. The molecule has 1 N–H and O–H groups in total. The normalized spacial score (nSPS) is 20.2. The van der Waals surface area contributed by atoms with Gasteiger partial charge in [0, 0.05) is 5.54 Å². The van der Waals surface area contributed by atoms with E-state index in [0.29, 0.717) is 0 Å². The fourth-order valence-electron chi connectivity index (χ4n) is 2.05. The number of amides is 2. The molecule has 0 aromatic carbocycles. The number of hydrogen-bond donors (Lipinski definition) is 1. The van der Waals surface area contributed by atoms with Crippen molar-refractivity contribution in [3.05, 3.63) is 0 Å². The zero-order valence-electron chi connectivity index (χ0n) is 12.9. The van der Waals surface area contributed by atoms with Crippen LogP contribution in [0.1, 0.15) is 54.4 Å². The average Bonchev–Trinajstić information content (AvgIpc) is 2.63. The van der Waals surface area contributed by atoms with Crippen LogP contribution in [0.2, 0.25) is 0 Å². The van der Waals surface area contributed by atoms with E-state index < -0.39 is 17.2 Å². The average molecular weight is 270 g/mol. The number of imide groups is 1. The third-order valence-corrected chi connectivity index (χ3v) is 2.83. The third-order valence-electron chi connectivity index (χ3n) is 2.83. The number of rotatable bonds is 1. The van der Waals surface area contributed by atoms with Crippen molar-refractivity contribution in [2.45, 2.75) is 71.6 Å². The van der Waals surface area contributed by atoms with Crippen molar-refractivity contribution in [1.82, 2.24) is 10.2 Å². The number of carbonyl (C=O) groups excluding carboxylic acids is 2. The molecule has 1 aliphatic rings. The summed E-state index contributed by atoms with van der Waals surface area (Å²) in [7, 11) is 0. The van der Waals surface area contributed by atoms with Crippen LogP contribution in [0.3, 0.4) is 0 Å². The molecular formula is C14H26N2O3. The molecule has 1 rings (SSSR count). The van der Waals surface area contributed by atoms with Gasteiger partial charge in [-0.1, -0.05) is 0 Å². The number of ether oxygens (including phenoxy) is 1. The first-order chi connectivity index (χ1) is 8.52. The van der Waals surface area contributed by atoms with E-state index in [0.717, 1.165) is 19.4 Å². The van der Waals surface area contributed by atoms with Crippen LogP contribution in [-0.2, 0) is 9.53 Å². The number of carbonyl (C=O) groups is 2. The molecule has 0 aromatic rings. The van der Waals surface area contributed by atoms with E-state index in [1.807, 2.05) is 20.8 Å². The van der Waals surface area contributed by atoms with E-state index in [4.69, 9.17) is 4.74 Å². The van der Waals surface area contributed by atoms with Crippen LogP contribution in [0.15, 0.2) is 0 Å². The lowest BCUT2D eigenvalue weighted by atomic mass is 10.0. The first-order valence-corrected chi connectivity index (χ1v) is 6.83. The summed E-state index contributed by atoms with van der Waals surface area (Å²) in [6.45, 7) is 11.7. The number of nitrogens with one attached hydrogen (secondary N) is 1. The molecule has 1 saturated heterocycles. The molecule has 1 aliphatic heterocycles. The van der Waals surface area contributed by atoms with Crippen molar-refractivity contribution in [2.75, 3.05) is 6.54 Å². The lowest BCUT2D eigenvalue weighted by molar-refractivity contribution is -0.136. The second-order valence-electron chi connectivity index (χ2n) is 6.97. The molecule has 0 aromatic heterocycles. The third kappa shape index (κ3) is 4.49. The molecule has 1 atom stereocenters. The Bertz CT molecular complexity index is 347. The van der Waals surface area contributed by atoms with Crippen LogP contribution in [0.4, 0.5) is 4.79 Å². The summed E-state index contributed by atoms with van der Waals surface area (Å²) in [6.07, 6.45) is 1.16. The minimum absolute atomic E-state index is 0.195. The van der Waals surface area contributed by atoms with Crippen LogP contribution in [0.5, 0.6) is 0 Å². The first-order valence-electron chi connectivity index (χ1n) is 6.83. The van der Waals surface area contributed by atoms with Gasteiger partial charge >= 0.3 is 6.09 Å². The summed E-state index contributed by atoms with van der Waals surface area (Å²) in [4.78, 5) is 26.0. The van der Waals surface area contributed by atoms with Gasteiger partial charge in [-0.3, -0.25) is 4.79 Å². The highest BCUT2D eigenvalue weighted by atomic mass is 16.6. The maximum absolute atomic E-state index is 12.5. The van der Waals surface area contributed by atoms with Crippen molar-refractivity contribution in [1.29, 1.82) is 0 Å². The summed E-state index contributed by atoms with van der Waals surface area (Å²) in [5.41, 5.74) is -1.20. The monoisotopic (exact) mass is 270 g/mol. The summed E-state index contributed by atoms with van der Waals surface area (Å²) in [6, 6.07) is -0.272. The van der Waals surface area contributed by atoms with Gasteiger partial charge in [-0.15, -0.1) is 0 Å². The van der Waals surface area contributed by atoms with Gasteiger partial charge in [0.15, 0.2) is 0 Å². The van der Waals surface area contributed by atoms with Gasteiger partial charge in [-0.25, -0.2) is 9.69 Å². The van der Waals surface area contributed by atoms with E-state index in [1.165, 1.54) is 4.90 Å². The minimum Gasteiger partial charge on any atom is -0.443 e. The molecule has 0 aliphatic carbocycles. The van der Waals surface area contributed by atoms with E-state index in [9.17, 15) is 9.59 Å². The van der Waals surface area contributed by atoms with Crippen LogP contribution < -0.4 is 5.32 Å². The Balaban J connectivity index is 2.89. The predicted octanol–water partition coefficient (Wildman–Crippen LogP) is 2.30.